The van der Waals surface area contributed by atoms with Gasteiger partial charge >= 0.3 is 12.1 Å². The lowest BCUT2D eigenvalue weighted by Crippen LogP contribution is -2.50. The summed E-state index contributed by atoms with van der Waals surface area (Å²) in [6, 6.07) is 9.40. The van der Waals surface area contributed by atoms with Gasteiger partial charge in [0.25, 0.3) is 5.91 Å². The molecule has 1 aliphatic carbocycles. The van der Waals surface area contributed by atoms with E-state index in [1.165, 1.54) is 28.0 Å². The number of halogens is 1. The second-order valence-electron chi connectivity index (χ2n) is 12.0. The topological polar surface area (TPSA) is 151 Å². The maximum absolute atomic E-state index is 13.4. The van der Waals surface area contributed by atoms with E-state index >= 15 is 0 Å². The lowest BCUT2D eigenvalue weighted by atomic mass is 9.96. The number of carbonyl (C=O) groups is 3. The van der Waals surface area contributed by atoms with Gasteiger partial charge in [-0.1, -0.05) is 43.0 Å². The van der Waals surface area contributed by atoms with E-state index in [1.54, 1.807) is 35.4 Å². The molecule has 3 heterocycles. The van der Waals surface area contributed by atoms with Crippen LogP contribution in [-0.4, -0.2) is 87.9 Å². The van der Waals surface area contributed by atoms with Crippen molar-refractivity contribution in [3.63, 3.8) is 0 Å². The van der Waals surface area contributed by atoms with Crippen molar-refractivity contribution in [3.05, 3.63) is 59.1 Å². The van der Waals surface area contributed by atoms with Crippen LogP contribution in [0.3, 0.4) is 0 Å². The quantitative estimate of drug-likeness (QED) is 0.371. The molecule has 0 unspecified atom stereocenters. The molecule has 3 aromatic rings. The van der Waals surface area contributed by atoms with Gasteiger partial charge in [-0.05, 0) is 60.7 Å². The number of aliphatic hydroxyl groups excluding tert-OH is 1. The van der Waals surface area contributed by atoms with E-state index in [4.69, 9.17) is 16.3 Å². The molecular weight excluding hydrogens is 622 g/mol. The van der Waals surface area contributed by atoms with Crippen molar-refractivity contribution in [2.45, 2.75) is 81.2 Å². The minimum absolute atomic E-state index is 0.0171. The lowest BCUT2D eigenvalue weighted by Gasteiger charge is -2.37. The van der Waals surface area contributed by atoms with Gasteiger partial charge in [-0.15, -0.1) is 0 Å². The van der Waals surface area contributed by atoms with Crippen LogP contribution in [0.5, 0.6) is 0 Å². The molecule has 0 spiro atoms. The number of imidazole rings is 1. The number of ether oxygens (including phenoxy) is 1. The van der Waals surface area contributed by atoms with Gasteiger partial charge in [-0.2, -0.15) is 0 Å². The molecule has 6 rings (SSSR count). The highest BCUT2D eigenvalue weighted by Crippen LogP contribution is 2.28. The van der Waals surface area contributed by atoms with Crippen molar-refractivity contribution >= 4 is 50.2 Å². The molecule has 45 heavy (non-hydrogen) atoms. The number of hydrogen-bond acceptors (Lipinski definition) is 8. The fraction of sp³-hybridized carbons (Fsp3) is 0.484. The number of carbonyl (C=O) groups excluding carboxylic acids is 3. The lowest BCUT2D eigenvalue weighted by molar-refractivity contribution is -0.140. The van der Waals surface area contributed by atoms with Crippen LogP contribution in [0.15, 0.2) is 47.5 Å². The standard InChI is InChI=1S/C31H36ClN5O7S/c32-22-8-6-21-15-26(9-7-20(21)14-22)45(42,43)19-27(38)29(39)35-12-10-24(11-13-35)36-17-25-16-33-28(37(25)31(36)41)18-44-30(40)34-23-4-2-1-3-5-23/h6-9,14-16,23-24,27,38H,1-5,10-13,17-19H2,(H,34,40)/t27-/m1/s1. The van der Waals surface area contributed by atoms with Gasteiger partial charge in [0.1, 0.15) is 6.10 Å². The first kappa shape index (κ1) is 31.3. The number of alkyl carbamates (subject to hydrolysis) is 1. The predicted molar refractivity (Wildman–Crippen MR) is 165 cm³/mol. The summed E-state index contributed by atoms with van der Waals surface area (Å²) in [5.41, 5.74) is 0.696. The first-order chi connectivity index (χ1) is 21.6. The number of likely N-dealkylation sites (tertiary alicyclic amines) is 1. The monoisotopic (exact) mass is 657 g/mol. The first-order valence-corrected chi connectivity index (χ1v) is 17.3. The van der Waals surface area contributed by atoms with Crippen LogP contribution in [-0.2, 0) is 32.5 Å². The predicted octanol–water partition coefficient (Wildman–Crippen LogP) is 3.86. The molecule has 2 aromatic carbocycles. The summed E-state index contributed by atoms with van der Waals surface area (Å²) in [5.74, 6) is -1.04. The number of fused-ring (bicyclic) bond motifs is 2. The molecule has 2 fully saturated rings. The Hall–Kier alpha value is -3.68. The van der Waals surface area contributed by atoms with Gasteiger partial charge < -0.3 is 25.0 Å². The van der Waals surface area contributed by atoms with E-state index in [1.807, 2.05) is 0 Å². The van der Waals surface area contributed by atoms with Crippen LogP contribution in [0.25, 0.3) is 10.8 Å². The largest absolute Gasteiger partial charge is 0.441 e. The van der Waals surface area contributed by atoms with Gasteiger partial charge in [0, 0.05) is 30.2 Å². The highest BCUT2D eigenvalue weighted by atomic mass is 35.5. The van der Waals surface area contributed by atoms with Crippen molar-refractivity contribution in [2.75, 3.05) is 18.8 Å². The molecule has 2 N–H and O–H groups in total. The molecule has 1 saturated heterocycles. The Morgan fingerprint density at radius 2 is 1.76 bits per heavy atom. The number of nitrogens with one attached hydrogen (secondary N) is 1. The number of hydrogen-bond donors (Lipinski definition) is 2. The Morgan fingerprint density at radius 3 is 2.51 bits per heavy atom. The van der Waals surface area contributed by atoms with E-state index in [0.29, 0.717) is 41.3 Å². The summed E-state index contributed by atoms with van der Waals surface area (Å²) < 4.78 is 32.9. The van der Waals surface area contributed by atoms with E-state index in [2.05, 4.69) is 10.3 Å². The van der Waals surface area contributed by atoms with E-state index in [0.717, 1.165) is 31.1 Å². The molecule has 0 bridgehead atoms. The fourth-order valence-electron chi connectivity index (χ4n) is 6.49. The molecule has 14 heteroatoms. The van der Waals surface area contributed by atoms with E-state index < -0.39 is 33.7 Å². The number of nitrogens with zero attached hydrogens (tertiary/aromatic N) is 4. The number of amides is 3. The summed E-state index contributed by atoms with van der Waals surface area (Å²) in [6.45, 7) is 0.758. The van der Waals surface area contributed by atoms with Gasteiger partial charge in [0.15, 0.2) is 22.3 Å². The highest BCUT2D eigenvalue weighted by Gasteiger charge is 2.38. The summed E-state index contributed by atoms with van der Waals surface area (Å²) >= 11 is 6.01. The van der Waals surface area contributed by atoms with Crippen LogP contribution in [0.2, 0.25) is 5.02 Å². The number of aromatic nitrogens is 2. The summed E-state index contributed by atoms with van der Waals surface area (Å²) in [5, 5.41) is 15.5. The number of aliphatic hydroxyl groups is 1. The van der Waals surface area contributed by atoms with Gasteiger partial charge in [0.05, 0.1) is 29.1 Å². The zero-order valence-electron chi connectivity index (χ0n) is 24.7. The zero-order valence-corrected chi connectivity index (χ0v) is 26.3. The molecule has 3 aliphatic rings. The SMILES string of the molecule is O=C(NC1CCCCC1)OCc1ncc2n1C(=O)N(C1CCN(C(=O)[C@H](O)CS(=O)(=O)c3ccc4cc(Cl)ccc4c3)CC1)C2. The second kappa shape index (κ2) is 13.0. The van der Waals surface area contributed by atoms with Crippen molar-refractivity contribution in [1.29, 1.82) is 0 Å². The maximum atomic E-state index is 13.4. The first-order valence-electron chi connectivity index (χ1n) is 15.3. The number of piperidine rings is 1. The number of rotatable bonds is 8. The van der Waals surface area contributed by atoms with Crippen LogP contribution >= 0.6 is 11.6 Å². The highest BCUT2D eigenvalue weighted by molar-refractivity contribution is 7.91. The van der Waals surface area contributed by atoms with E-state index in [9.17, 15) is 27.9 Å². The van der Waals surface area contributed by atoms with Crippen LogP contribution in [0.4, 0.5) is 9.59 Å². The normalized spacial score (nSPS) is 18.7. The van der Waals surface area contributed by atoms with Crippen molar-refractivity contribution in [3.8, 4) is 0 Å². The van der Waals surface area contributed by atoms with Crippen LogP contribution in [0, 0.1) is 0 Å². The maximum Gasteiger partial charge on any atom is 0.407 e. The van der Waals surface area contributed by atoms with Crippen LogP contribution < -0.4 is 5.32 Å². The molecule has 240 valence electrons. The minimum Gasteiger partial charge on any atom is -0.441 e. The van der Waals surface area contributed by atoms with Crippen LogP contribution in [0.1, 0.15) is 56.5 Å². The van der Waals surface area contributed by atoms with Gasteiger partial charge in [0.2, 0.25) is 0 Å². The molecule has 2 aliphatic heterocycles. The molecule has 3 amide bonds. The average Bonchev–Trinajstić information content (AvgIpc) is 3.59. The van der Waals surface area contributed by atoms with E-state index in [-0.39, 0.29) is 42.7 Å². The summed E-state index contributed by atoms with van der Waals surface area (Å²) in [6.07, 6.45) is 5.53. The minimum atomic E-state index is -3.95. The van der Waals surface area contributed by atoms with Crippen molar-refractivity contribution < 1.29 is 32.6 Å². The van der Waals surface area contributed by atoms with Gasteiger partial charge in [-0.25, -0.2) is 27.6 Å². The molecule has 1 aromatic heterocycles. The zero-order chi connectivity index (χ0) is 31.7. The molecule has 0 radical (unpaired) electrons. The summed E-state index contributed by atoms with van der Waals surface area (Å²) in [7, 11) is -3.95. The smallest absolute Gasteiger partial charge is 0.407 e. The van der Waals surface area contributed by atoms with Crippen molar-refractivity contribution in [1.82, 2.24) is 24.7 Å². The number of benzene rings is 2. The molecule has 1 saturated carbocycles. The fourth-order valence-corrected chi connectivity index (χ4v) is 8.00. The third kappa shape index (κ3) is 6.80. The average molecular weight is 658 g/mol. The Balaban J connectivity index is 1.00. The Labute approximate surface area is 266 Å². The Kier molecular flexibility index (Phi) is 9.03. The number of sulfone groups is 1. The van der Waals surface area contributed by atoms with Gasteiger partial charge in [-0.3, -0.25) is 4.79 Å². The van der Waals surface area contributed by atoms with Crippen molar-refractivity contribution in [2.24, 2.45) is 0 Å². The molecule has 12 nitrogen and oxygen atoms in total. The Morgan fingerprint density at radius 1 is 1.04 bits per heavy atom. The summed E-state index contributed by atoms with van der Waals surface area (Å²) in [4.78, 5) is 46.2. The molecule has 1 atom stereocenters. The third-order valence-corrected chi connectivity index (χ3v) is 10.9. The second-order valence-corrected chi connectivity index (χ2v) is 14.4. The molecular formula is C31H36ClN5O7S. The Bertz CT molecular complexity index is 1710. The third-order valence-electron chi connectivity index (χ3n) is 8.95.